The van der Waals surface area contributed by atoms with Gasteiger partial charge in [0.25, 0.3) is 5.91 Å². The van der Waals surface area contributed by atoms with Crippen LogP contribution in [-0.4, -0.2) is 30.8 Å². The van der Waals surface area contributed by atoms with Gasteiger partial charge in [-0.15, -0.1) is 0 Å². The number of benzene rings is 2. The van der Waals surface area contributed by atoms with Gasteiger partial charge in [0.2, 0.25) is 5.91 Å². The van der Waals surface area contributed by atoms with E-state index in [1.54, 1.807) is 14.1 Å². The molecule has 0 radical (unpaired) electrons. The third-order valence-corrected chi connectivity index (χ3v) is 3.75. The number of nitrogens with one attached hydrogen (secondary N) is 1. The number of halogens is 3. The van der Waals surface area contributed by atoms with Crippen LogP contribution >= 0.6 is 0 Å². The smallest absolute Gasteiger partial charge is 0.416 e. The third kappa shape index (κ3) is 5.35. The number of ether oxygens (including phenoxy) is 1. The summed E-state index contributed by atoms with van der Waals surface area (Å²) in [5.74, 6) is -0.484. The minimum absolute atomic E-state index is 0.0178. The van der Waals surface area contributed by atoms with E-state index in [0.717, 1.165) is 18.2 Å². The first-order valence-corrected chi connectivity index (χ1v) is 8.20. The van der Waals surface area contributed by atoms with E-state index in [1.165, 1.54) is 35.2 Å². The molecule has 148 valence electrons. The first-order chi connectivity index (χ1) is 13.1. The van der Waals surface area contributed by atoms with Crippen molar-refractivity contribution in [2.45, 2.75) is 12.8 Å². The monoisotopic (exact) mass is 392 g/mol. The summed E-state index contributed by atoms with van der Waals surface area (Å²) in [7, 11) is 3.19. The van der Waals surface area contributed by atoms with Crippen LogP contribution in [0.3, 0.4) is 0 Å². The van der Waals surface area contributed by atoms with Crippen molar-refractivity contribution in [2.24, 2.45) is 0 Å². The first-order valence-electron chi connectivity index (χ1n) is 8.20. The summed E-state index contributed by atoms with van der Waals surface area (Å²) in [4.78, 5) is 25.2. The number of hydrogen-bond acceptors (Lipinski definition) is 3. The number of hydrogen-bond donors (Lipinski definition) is 1. The van der Waals surface area contributed by atoms with Gasteiger partial charge >= 0.3 is 6.18 Å². The molecule has 0 aliphatic rings. The van der Waals surface area contributed by atoms with Crippen LogP contribution in [0.5, 0.6) is 5.75 Å². The molecular weight excluding hydrogens is 373 g/mol. The normalized spacial score (nSPS) is 10.9. The maximum Gasteiger partial charge on any atom is 0.416 e. The van der Waals surface area contributed by atoms with Gasteiger partial charge in [0, 0.05) is 19.7 Å². The Kier molecular flexibility index (Phi) is 6.45. The van der Waals surface area contributed by atoms with Gasteiger partial charge in [0.05, 0.1) is 11.3 Å². The molecule has 0 unspecified atom stereocenters. The van der Waals surface area contributed by atoms with Crippen molar-refractivity contribution in [3.05, 3.63) is 71.8 Å². The molecule has 2 amide bonds. The summed E-state index contributed by atoms with van der Waals surface area (Å²) in [5, 5.41) is 2.56. The standard InChI is InChI=1S/C20H19F3N2O3/c1-4-18(26)24-16-11-14(19(27)25(2)3)7-10-17(16)28-12-13-5-8-15(9-6-13)20(21,22)23/h4-11H,1,12H2,2-3H3,(H,24,26). The van der Waals surface area contributed by atoms with Crippen LogP contribution in [0.4, 0.5) is 18.9 Å². The fraction of sp³-hybridized carbons (Fsp3) is 0.200. The predicted molar refractivity (Wildman–Crippen MR) is 99.1 cm³/mol. The fourth-order valence-electron chi connectivity index (χ4n) is 2.28. The summed E-state index contributed by atoms with van der Waals surface area (Å²) in [6, 6.07) is 9.08. The largest absolute Gasteiger partial charge is 0.487 e. The summed E-state index contributed by atoms with van der Waals surface area (Å²) in [6.07, 6.45) is -3.34. The molecule has 0 aliphatic carbocycles. The van der Waals surface area contributed by atoms with Crippen molar-refractivity contribution in [1.29, 1.82) is 0 Å². The van der Waals surface area contributed by atoms with Gasteiger partial charge in [0.15, 0.2) is 0 Å². The Labute approximate surface area is 160 Å². The molecule has 0 saturated carbocycles. The third-order valence-electron chi connectivity index (χ3n) is 3.75. The van der Waals surface area contributed by atoms with Gasteiger partial charge in [-0.1, -0.05) is 18.7 Å². The Balaban J connectivity index is 2.22. The maximum atomic E-state index is 12.6. The zero-order valence-electron chi connectivity index (χ0n) is 15.3. The van der Waals surface area contributed by atoms with Gasteiger partial charge in [-0.25, -0.2) is 0 Å². The van der Waals surface area contributed by atoms with E-state index in [4.69, 9.17) is 4.74 Å². The quantitative estimate of drug-likeness (QED) is 0.753. The Morgan fingerprint density at radius 3 is 2.32 bits per heavy atom. The lowest BCUT2D eigenvalue weighted by Crippen LogP contribution is -2.22. The van der Waals surface area contributed by atoms with Gasteiger partial charge < -0.3 is 15.0 Å². The zero-order chi connectivity index (χ0) is 20.9. The van der Waals surface area contributed by atoms with E-state index >= 15 is 0 Å². The highest BCUT2D eigenvalue weighted by atomic mass is 19.4. The van der Waals surface area contributed by atoms with Crippen molar-refractivity contribution in [3.63, 3.8) is 0 Å². The molecule has 0 saturated heterocycles. The summed E-state index contributed by atoms with van der Waals surface area (Å²) in [5.41, 5.74) is 0.361. The highest BCUT2D eigenvalue weighted by molar-refractivity contribution is 6.02. The van der Waals surface area contributed by atoms with Crippen LogP contribution in [0.25, 0.3) is 0 Å². The van der Waals surface area contributed by atoms with Crippen LogP contribution in [0.1, 0.15) is 21.5 Å². The minimum atomic E-state index is -4.41. The number of carbonyl (C=O) groups excluding carboxylic acids is 2. The molecule has 2 rings (SSSR count). The van der Waals surface area contributed by atoms with Crippen molar-refractivity contribution in [2.75, 3.05) is 19.4 Å². The average molecular weight is 392 g/mol. The average Bonchev–Trinajstić information content (AvgIpc) is 2.65. The molecule has 0 fully saturated rings. The number of carbonyl (C=O) groups is 2. The molecule has 5 nitrogen and oxygen atoms in total. The Morgan fingerprint density at radius 1 is 1.14 bits per heavy atom. The first kappa shape index (κ1) is 21.0. The van der Waals surface area contributed by atoms with Crippen LogP contribution < -0.4 is 10.1 Å². The lowest BCUT2D eigenvalue weighted by molar-refractivity contribution is -0.137. The van der Waals surface area contributed by atoms with Gasteiger partial charge in [-0.3, -0.25) is 9.59 Å². The number of alkyl halides is 3. The molecule has 1 N–H and O–H groups in total. The van der Waals surface area contributed by atoms with E-state index in [0.29, 0.717) is 11.1 Å². The van der Waals surface area contributed by atoms with Gasteiger partial charge in [-0.2, -0.15) is 13.2 Å². The minimum Gasteiger partial charge on any atom is -0.487 e. The van der Waals surface area contributed by atoms with Crippen molar-refractivity contribution in [3.8, 4) is 5.75 Å². The van der Waals surface area contributed by atoms with E-state index in [2.05, 4.69) is 11.9 Å². The molecule has 0 bridgehead atoms. The zero-order valence-corrected chi connectivity index (χ0v) is 15.3. The molecule has 0 heterocycles. The van der Waals surface area contributed by atoms with Gasteiger partial charge in [-0.05, 0) is 42.0 Å². The molecule has 2 aromatic carbocycles. The van der Waals surface area contributed by atoms with Crippen LogP contribution in [-0.2, 0) is 17.6 Å². The maximum absolute atomic E-state index is 12.6. The molecule has 0 aromatic heterocycles. The lowest BCUT2D eigenvalue weighted by atomic mass is 10.1. The molecule has 0 atom stereocenters. The second-order valence-electron chi connectivity index (χ2n) is 6.09. The molecule has 8 heteroatoms. The van der Waals surface area contributed by atoms with Gasteiger partial charge in [0.1, 0.15) is 12.4 Å². The van der Waals surface area contributed by atoms with Crippen LogP contribution in [0.15, 0.2) is 55.1 Å². The van der Waals surface area contributed by atoms with Crippen LogP contribution in [0, 0.1) is 0 Å². The topological polar surface area (TPSA) is 58.6 Å². The fourth-order valence-corrected chi connectivity index (χ4v) is 2.28. The van der Waals surface area contributed by atoms with E-state index < -0.39 is 17.6 Å². The molecule has 2 aromatic rings. The van der Waals surface area contributed by atoms with E-state index in [9.17, 15) is 22.8 Å². The Hall–Kier alpha value is -3.29. The molecular formula is C20H19F3N2O3. The predicted octanol–water partition coefficient (Wildman–Crippen LogP) is 4.11. The number of rotatable bonds is 6. The second-order valence-corrected chi connectivity index (χ2v) is 6.09. The molecule has 0 spiro atoms. The van der Waals surface area contributed by atoms with Crippen molar-refractivity contribution in [1.82, 2.24) is 4.90 Å². The summed E-state index contributed by atoms with van der Waals surface area (Å²) >= 11 is 0. The summed E-state index contributed by atoms with van der Waals surface area (Å²) < 4.78 is 43.5. The molecule has 28 heavy (non-hydrogen) atoms. The Bertz CT molecular complexity index is 875. The number of amides is 2. The summed E-state index contributed by atoms with van der Waals surface area (Å²) in [6.45, 7) is 3.36. The SMILES string of the molecule is C=CC(=O)Nc1cc(C(=O)N(C)C)ccc1OCc1ccc(C(F)(F)F)cc1. The highest BCUT2D eigenvalue weighted by Gasteiger charge is 2.29. The number of anilines is 1. The lowest BCUT2D eigenvalue weighted by Gasteiger charge is -2.15. The highest BCUT2D eigenvalue weighted by Crippen LogP contribution is 2.30. The Morgan fingerprint density at radius 2 is 1.79 bits per heavy atom. The number of nitrogens with zero attached hydrogens (tertiary/aromatic N) is 1. The van der Waals surface area contributed by atoms with Crippen molar-refractivity contribution >= 4 is 17.5 Å². The van der Waals surface area contributed by atoms with E-state index in [-0.39, 0.29) is 24.0 Å². The van der Waals surface area contributed by atoms with Crippen molar-refractivity contribution < 1.29 is 27.5 Å². The van der Waals surface area contributed by atoms with E-state index in [1.807, 2.05) is 0 Å². The molecule has 0 aliphatic heterocycles. The van der Waals surface area contributed by atoms with Crippen LogP contribution in [0.2, 0.25) is 0 Å². The second kappa shape index (κ2) is 8.60.